The fourth-order valence-electron chi connectivity index (χ4n) is 2.85. The Bertz CT molecular complexity index is 505. The van der Waals surface area contributed by atoms with Gasteiger partial charge in [-0.1, -0.05) is 43.0 Å². The van der Waals surface area contributed by atoms with Gasteiger partial charge in [-0.2, -0.15) is 0 Å². The predicted molar refractivity (Wildman–Crippen MR) is 84.3 cm³/mol. The van der Waals surface area contributed by atoms with Gasteiger partial charge in [-0.3, -0.25) is 4.79 Å². The smallest absolute Gasteiger partial charge is 0.252 e. The fourth-order valence-corrected chi connectivity index (χ4v) is 3.28. The van der Waals surface area contributed by atoms with Gasteiger partial charge in [0.15, 0.2) is 0 Å². The molecule has 2 rings (SSSR count). The minimum Gasteiger partial charge on any atom is -0.399 e. The largest absolute Gasteiger partial charge is 0.399 e. The van der Waals surface area contributed by atoms with Gasteiger partial charge in [-0.15, -0.1) is 0 Å². The summed E-state index contributed by atoms with van der Waals surface area (Å²) < 4.78 is 0. The number of halogens is 2. The van der Waals surface area contributed by atoms with Crippen LogP contribution in [0.15, 0.2) is 12.1 Å². The molecule has 1 aliphatic carbocycles. The van der Waals surface area contributed by atoms with Gasteiger partial charge in [0, 0.05) is 12.2 Å². The van der Waals surface area contributed by atoms with E-state index in [0.29, 0.717) is 28.7 Å². The first-order chi connectivity index (χ1) is 9.47. The summed E-state index contributed by atoms with van der Waals surface area (Å²) in [4.78, 5) is 12.2. The van der Waals surface area contributed by atoms with E-state index in [1.54, 1.807) is 12.1 Å². The second-order valence-corrected chi connectivity index (χ2v) is 6.50. The van der Waals surface area contributed by atoms with Gasteiger partial charge in [-0.05, 0) is 36.8 Å². The molecule has 3 N–H and O–H groups in total. The van der Waals surface area contributed by atoms with Crippen molar-refractivity contribution in [3.8, 4) is 0 Å². The zero-order chi connectivity index (χ0) is 14.7. The molecule has 0 bridgehead atoms. The Morgan fingerprint density at radius 2 is 2.15 bits per heavy atom. The molecule has 0 saturated heterocycles. The van der Waals surface area contributed by atoms with Crippen LogP contribution in [0.4, 0.5) is 5.69 Å². The van der Waals surface area contributed by atoms with Crippen molar-refractivity contribution in [3.05, 3.63) is 27.7 Å². The maximum absolute atomic E-state index is 12.2. The van der Waals surface area contributed by atoms with Crippen LogP contribution in [0.3, 0.4) is 0 Å². The Morgan fingerprint density at radius 1 is 1.40 bits per heavy atom. The second-order valence-electron chi connectivity index (χ2n) is 5.71. The van der Waals surface area contributed by atoms with Crippen molar-refractivity contribution in [3.63, 3.8) is 0 Å². The third-order valence-corrected chi connectivity index (χ3v) is 4.69. The average Bonchev–Trinajstić information content (AvgIpc) is 2.40. The first-order valence-electron chi connectivity index (χ1n) is 7.00. The highest BCUT2D eigenvalue weighted by molar-refractivity contribution is 6.44. The lowest BCUT2D eigenvalue weighted by atomic mass is 9.82. The molecule has 2 atom stereocenters. The topological polar surface area (TPSA) is 55.1 Å². The van der Waals surface area contributed by atoms with Crippen molar-refractivity contribution >= 4 is 34.8 Å². The Labute approximate surface area is 129 Å². The van der Waals surface area contributed by atoms with Crippen LogP contribution in [0, 0.1) is 11.8 Å². The Morgan fingerprint density at radius 3 is 2.85 bits per heavy atom. The van der Waals surface area contributed by atoms with Crippen LogP contribution in [0.5, 0.6) is 0 Å². The summed E-state index contributed by atoms with van der Waals surface area (Å²) in [5.41, 5.74) is 6.49. The summed E-state index contributed by atoms with van der Waals surface area (Å²) in [7, 11) is 0. The predicted octanol–water partition coefficient (Wildman–Crippen LogP) is 4.13. The number of nitrogen functional groups attached to an aromatic ring is 1. The highest BCUT2D eigenvalue weighted by Crippen LogP contribution is 2.30. The van der Waals surface area contributed by atoms with E-state index < -0.39 is 0 Å². The minimum absolute atomic E-state index is 0.206. The number of carbonyl (C=O) groups is 1. The molecule has 20 heavy (non-hydrogen) atoms. The van der Waals surface area contributed by atoms with E-state index >= 15 is 0 Å². The summed E-state index contributed by atoms with van der Waals surface area (Å²) >= 11 is 12.0. The summed E-state index contributed by atoms with van der Waals surface area (Å²) in [6.45, 7) is 2.95. The van der Waals surface area contributed by atoms with Crippen LogP contribution in [0.2, 0.25) is 10.0 Å². The van der Waals surface area contributed by atoms with Crippen LogP contribution in [-0.4, -0.2) is 12.5 Å². The quantitative estimate of drug-likeness (QED) is 0.824. The third-order valence-electron chi connectivity index (χ3n) is 3.89. The first kappa shape index (κ1) is 15.5. The van der Waals surface area contributed by atoms with E-state index in [9.17, 15) is 4.79 Å². The maximum atomic E-state index is 12.2. The molecule has 0 spiro atoms. The minimum atomic E-state index is -0.206. The standard InChI is InChI=1S/C15H20Cl2N2O/c1-9-3-2-4-10(5-9)8-19-15(20)12-6-11(18)7-13(16)14(12)17/h6-7,9-10H,2-5,8,18H2,1H3,(H,19,20). The number of nitrogens with one attached hydrogen (secondary N) is 1. The molecule has 1 saturated carbocycles. The summed E-state index contributed by atoms with van der Waals surface area (Å²) in [5, 5.41) is 3.51. The number of nitrogens with two attached hydrogens (primary N) is 1. The van der Waals surface area contributed by atoms with Gasteiger partial charge in [0.05, 0.1) is 15.6 Å². The van der Waals surface area contributed by atoms with Gasteiger partial charge < -0.3 is 11.1 Å². The first-order valence-corrected chi connectivity index (χ1v) is 7.75. The molecular formula is C15H20Cl2N2O. The van der Waals surface area contributed by atoms with Gasteiger partial charge in [0.2, 0.25) is 0 Å². The number of hydrogen-bond acceptors (Lipinski definition) is 2. The number of carbonyl (C=O) groups excluding carboxylic acids is 1. The molecule has 1 aromatic carbocycles. The molecule has 0 aliphatic heterocycles. The molecule has 1 fully saturated rings. The van der Waals surface area contributed by atoms with Gasteiger partial charge in [0.25, 0.3) is 5.91 Å². The number of hydrogen-bond donors (Lipinski definition) is 2. The van der Waals surface area contributed by atoms with Crippen molar-refractivity contribution in [2.75, 3.05) is 12.3 Å². The number of benzene rings is 1. The molecule has 2 unspecified atom stereocenters. The molecule has 3 nitrogen and oxygen atoms in total. The average molecular weight is 315 g/mol. The highest BCUT2D eigenvalue weighted by atomic mass is 35.5. The maximum Gasteiger partial charge on any atom is 0.252 e. The van der Waals surface area contributed by atoms with E-state index in [0.717, 1.165) is 5.92 Å². The second kappa shape index (κ2) is 6.68. The van der Waals surface area contributed by atoms with Crippen molar-refractivity contribution in [1.29, 1.82) is 0 Å². The van der Waals surface area contributed by atoms with Crippen molar-refractivity contribution in [2.24, 2.45) is 11.8 Å². The molecule has 1 aliphatic rings. The SMILES string of the molecule is CC1CCCC(CNC(=O)c2cc(N)cc(Cl)c2Cl)C1. The van der Waals surface area contributed by atoms with Crippen molar-refractivity contribution in [2.45, 2.75) is 32.6 Å². The van der Waals surface area contributed by atoms with Gasteiger partial charge in [0.1, 0.15) is 0 Å². The Balaban J connectivity index is 1.98. The van der Waals surface area contributed by atoms with E-state index in [2.05, 4.69) is 12.2 Å². The lowest BCUT2D eigenvalue weighted by Crippen LogP contribution is -2.31. The van der Waals surface area contributed by atoms with E-state index in [4.69, 9.17) is 28.9 Å². The summed E-state index contributed by atoms with van der Waals surface area (Å²) in [5.74, 6) is 1.09. The molecule has 1 aromatic rings. The third kappa shape index (κ3) is 3.80. The van der Waals surface area contributed by atoms with Gasteiger partial charge in [-0.25, -0.2) is 0 Å². The lowest BCUT2D eigenvalue weighted by molar-refractivity contribution is 0.0941. The fraction of sp³-hybridized carbons (Fsp3) is 0.533. The molecule has 1 amide bonds. The van der Waals surface area contributed by atoms with E-state index in [1.807, 2.05) is 0 Å². The molecular weight excluding hydrogens is 295 g/mol. The van der Waals surface area contributed by atoms with Crippen molar-refractivity contribution in [1.82, 2.24) is 5.32 Å². The zero-order valence-corrected chi connectivity index (χ0v) is 13.1. The van der Waals surface area contributed by atoms with Crippen LogP contribution >= 0.6 is 23.2 Å². The van der Waals surface area contributed by atoms with Gasteiger partial charge >= 0.3 is 0 Å². The van der Waals surface area contributed by atoms with Crippen LogP contribution in [0.1, 0.15) is 43.0 Å². The van der Waals surface area contributed by atoms with Crippen LogP contribution < -0.4 is 11.1 Å². The number of rotatable bonds is 3. The van der Waals surface area contributed by atoms with E-state index in [-0.39, 0.29) is 10.9 Å². The molecule has 110 valence electrons. The summed E-state index contributed by atoms with van der Waals surface area (Å²) in [6.07, 6.45) is 4.88. The monoisotopic (exact) mass is 314 g/mol. The van der Waals surface area contributed by atoms with Crippen LogP contribution in [-0.2, 0) is 0 Å². The molecule has 0 aromatic heterocycles. The normalized spacial score (nSPS) is 22.6. The molecule has 5 heteroatoms. The molecule has 0 radical (unpaired) electrons. The number of amides is 1. The lowest BCUT2D eigenvalue weighted by Gasteiger charge is -2.26. The zero-order valence-electron chi connectivity index (χ0n) is 11.6. The van der Waals surface area contributed by atoms with Crippen LogP contribution in [0.25, 0.3) is 0 Å². The van der Waals surface area contributed by atoms with Crippen molar-refractivity contribution < 1.29 is 4.79 Å². The van der Waals surface area contributed by atoms with E-state index in [1.165, 1.54) is 25.7 Å². The highest BCUT2D eigenvalue weighted by Gasteiger charge is 2.20. The molecule has 0 heterocycles. The Kier molecular flexibility index (Phi) is 5.17. The number of anilines is 1. The summed E-state index contributed by atoms with van der Waals surface area (Å²) in [6, 6.07) is 3.11. The Hall–Kier alpha value is -0.930.